The molecule has 3 fully saturated rings. The first-order chi connectivity index (χ1) is 15.5. The maximum Gasteiger partial charge on any atom is 0.255 e. The Balaban J connectivity index is 1.22. The van der Waals surface area contributed by atoms with Crippen molar-refractivity contribution in [2.75, 3.05) is 31.9 Å². The average Bonchev–Trinajstić information content (AvgIpc) is 3.57. The van der Waals surface area contributed by atoms with Gasteiger partial charge in [0.15, 0.2) is 0 Å². The molecule has 3 aliphatic rings. The van der Waals surface area contributed by atoms with Crippen LogP contribution in [0.4, 0.5) is 10.1 Å². The van der Waals surface area contributed by atoms with Gasteiger partial charge in [-0.2, -0.15) is 0 Å². The van der Waals surface area contributed by atoms with E-state index in [1.54, 1.807) is 12.3 Å². The summed E-state index contributed by atoms with van der Waals surface area (Å²) in [7, 11) is 0. The number of hydrogen-bond acceptors (Lipinski definition) is 5. The number of pyridine rings is 1. The van der Waals surface area contributed by atoms with E-state index < -0.39 is 12.3 Å². The van der Waals surface area contributed by atoms with Crippen LogP contribution in [0, 0.1) is 0 Å². The van der Waals surface area contributed by atoms with E-state index >= 15 is 0 Å². The van der Waals surface area contributed by atoms with E-state index in [4.69, 9.17) is 10.5 Å². The molecule has 7 heteroatoms. The topological polar surface area (TPSA) is 71.7 Å². The average molecular weight is 439 g/mol. The molecule has 0 radical (unpaired) electrons. The van der Waals surface area contributed by atoms with Gasteiger partial charge in [0.2, 0.25) is 0 Å². The summed E-state index contributed by atoms with van der Waals surface area (Å²) in [5.74, 6) is 0.0867. The zero-order valence-corrected chi connectivity index (χ0v) is 18.4. The predicted octanol–water partition coefficient (Wildman–Crippen LogP) is 3.10. The monoisotopic (exact) mass is 438 g/mol. The molecule has 32 heavy (non-hydrogen) atoms. The van der Waals surface area contributed by atoms with E-state index in [1.165, 1.54) is 5.56 Å². The lowest BCUT2D eigenvalue weighted by Gasteiger charge is -2.50. The van der Waals surface area contributed by atoms with E-state index in [2.05, 4.69) is 16.0 Å². The standard InChI is InChI=1S/C25H31FN4O2/c26-15-20-4-5-22(28-16-20)17-30-18-24(32-25(7-8-25)23(30)31)9-12-29(13-10-24)11-6-19-2-1-3-21(27)14-19/h1-5,14,16H,6-13,15,17-18,27H2. The van der Waals surface area contributed by atoms with Gasteiger partial charge in [-0.1, -0.05) is 18.2 Å². The molecule has 1 aliphatic carbocycles. The fourth-order valence-electron chi connectivity index (χ4n) is 5.06. The van der Waals surface area contributed by atoms with Gasteiger partial charge < -0.3 is 20.3 Å². The summed E-state index contributed by atoms with van der Waals surface area (Å²) >= 11 is 0. The highest BCUT2D eigenvalue weighted by molar-refractivity contribution is 5.89. The number of benzene rings is 1. The fraction of sp³-hybridized carbons (Fsp3) is 0.520. The van der Waals surface area contributed by atoms with Crippen LogP contribution in [-0.4, -0.2) is 58.1 Å². The molecule has 1 aromatic heterocycles. The highest BCUT2D eigenvalue weighted by Crippen LogP contribution is 2.50. The second-order valence-electron chi connectivity index (χ2n) is 9.57. The molecule has 6 nitrogen and oxygen atoms in total. The number of morpholine rings is 1. The number of amides is 1. The Morgan fingerprint density at radius 2 is 1.91 bits per heavy atom. The zero-order chi connectivity index (χ0) is 22.2. The number of anilines is 1. The molecule has 3 heterocycles. The third-order valence-corrected chi connectivity index (χ3v) is 7.10. The quantitative estimate of drug-likeness (QED) is 0.702. The Labute approximate surface area is 188 Å². The predicted molar refractivity (Wildman–Crippen MR) is 120 cm³/mol. The first-order valence-electron chi connectivity index (χ1n) is 11.6. The van der Waals surface area contributed by atoms with Gasteiger partial charge in [-0.05, 0) is 55.9 Å². The van der Waals surface area contributed by atoms with Gasteiger partial charge in [-0.25, -0.2) is 4.39 Å². The lowest BCUT2D eigenvalue weighted by molar-refractivity contribution is -0.201. The molecular formula is C25H31FN4O2. The second-order valence-corrected chi connectivity index (χ2v) is 9.57. The number of carbonyl (C=O) groups excluding carboxylic acids is 1. The van der Waals surface area contributed by atoms with Crippen molar-refractivity contribution in [3.8, 4) is 0 Å². The van der Waals surface area contributed by atoms with Crippen LogP contribution >= 0.6 is 0 Å². The second kappa shape index (κ2) is 8.45. The van der Waals surface area contributed by atoms with E-state index in [1.807, 2.05) is 29.2 Å². The van der Waals surface area contributed by atoms with Crippen LogP contribution < -0.4 is 5.73 Å². The summed E-state index contributed by atoms with van der Waals surface area (Å²) in [5, 5.41) is 0. The Bertz CT molecular complexity index is 968. The molecule has 2 aliphatic heterocycles. The normalized spacial score (nSPS) is 21.9. The Morgan fingerprint density at radius 3 is 2.56 bits per heavy atom. The fourth-order valence-corrected chi connectivity index (χ4v) is 5.06. The van der Waals surface area contributed by atoms with Gasteiger partial charge in [-0.15, -0.1) is 0 Å². The van der Waals surface area contributed by atoms with Crippen molar-refractivity contribution in [2.45, 2.75) is 56.5 Å². The summed E-state index contributed by atoms with van der Waals surface area (Å²) in [5.41, 5.74) is 8.42. The van der Waals surface area contributed by atoms with Crippen molar-refractivity contribution >= 4 is 11.6 Å². The minimum absolute atomic E-state index is 0.0867. The van der Waals surface area contributed by atoms with Crippen LogP contribution in [0.2, 0.25) is 0 Å². The number of ether oxygens (including phenoxy) is 1. The van der Waals surface area contributed by atoms with Crippen LogP contribution in [0.25, 0.3) is 0 Å². The molecule has 2 aromatic rings. The number of nitrogen functional groups attached to an aromatic ring is 1. The maximum absolute atomic E-state index is 13.1. The van der Waals surface area contributed by atoms with Crippen molar-refractivity contribution in [1.29, 1.82) is 0 Å². The van der Waals surface area contributed by atoms with Crippen LogP contribution in [0.3, 0.4) is 0 Å². The summed E-state index contributed by atoms with van der Waals surface area (Å²) in [6.45, 7) is 3.45. The zero-order valence-electron chi connectivity index (χ0n) is 18.4. The number of halogens is 1. The molecule has 2 saturated heterocycles. The third kappa shape index (κ3) is 4.36. The highest BCUT2D eigenvalue weighted by atomic mass is 19.1. The lowest BCUT2D eigenvalue weighted by atomic mass is 9.87. The molecule has 1 amide bonds. The molecule has 2 N–H and O–H groups in total. The first kappa shape index (κ1) is 21.3. The van der Waals surface area contributed by atoms with Gasteiger partial charge in [0, 0.05) is 37.1 Å². The van der Waals surface area contributed by atoms with Crippen LogP contribution in [0.15, 0.2) is 42.6 Å². The number of alkyl halides is 1. The number of hydrogen-bond donors (Lipinski definition) is 1. The summed E-state index contributed by atoms with van der Waals surface area (Å²) < 4.78 is 19.3. The van der Waals surface area contributed by atoms with Gasteiger partial charge >= 0.3 is 0 Å². The summed E-state index contributed by atoms with van der Waals surface area (Å²) in [4.78, 5) is 21.9. The first-order valence-corrected chi connectivity index (χ1v) is 11.6. The number of nitrogens with zero attached hydrogens (tertiary/aromatic N) is 3. The molecule has 0 unspecified atom stereocenters. The van der Waals surface area contributed by atoms with Crippen molar-refractivity contribution < 1.29 is 13.9 Å². The van der Waals surface area contributed by atoms with Crippen molar-refractivity contribution in [3.63, 3.8) is 0 Å². The van der Waals surface area contributed by atoms with Crippen LogP contribution in [-0.2, 0) is 29.2 Å². The molecule has 1 saturated carbocycles. The smallest absolute Gasteiger partial charge is 0.255 e. The Kier molecular flexibility index (Phi) is 5.63. The summed E-state index contributed by atoms with van der Waals surface area (Å²) in [6, 6.07) is 11.7. The number of carbonyl (C=O) groups is 1. The van der Waals surface area contributed by atoms with E-state index in [0.717, 1.165) is 63.1 Å². The van der Waals surface area contributed by atoms with Gasteiger partial charge in [-0.3, -0.25) is 9.78 Å². The van der Waals surface area contributed by atoms with E-state index in [-0.39, 0.29) is 11.5 Å². The molecule has 1 aromatic carbocycles. The Hall–Kier alpha value is -2.51. The lowest BCUT2D eigenvalue weighted by Crippen LogP contribution is -2.62. The molecule has 0 atom stereocenters. The largest absolute Gasteiger partial charge is 0.399 e. The molecule has 2 spiro atoms. The highest BCUT2D eigenvalue weighted by Gasteiger charge is 2.61. The van der Waals surface area contributed by atoms with Crippen molar-refractivity contribution in [1.82, 2.24) is 14.8 Å². The van der Waals surface area contributed by atoms with Gasteiger partial charge in [0.25, 0.3) is 5.91 Å². The SMILES string of the molecule is Nc1cccc(CCN2CCC3(CC2)CN(Cc2ccc(CF)cn2)C(=O)C2(CC2)O3)c1. The minimum atomic E-state index is -0.624. The van der Waals surface area contributed by atoms with Crippen LogP contribution in [0.5, 0.6) is 0 Å². The van der Waals surface area contributed by atoms with Crippen molar-refractivity contribution in [2.24, 2.45) is 0 Å². The van der Waals surface area contributed by atoms with Crippen molar-refractivity contribution in [3.05, 3.63) is 59.4 Å². The molecule has 170 valence electrons. The number of rotatable bonds is 6. The number of nitrogens with two attached hydrogens (primary N) is 1. The Morgan fingerprint density at radius 1 is 1.09 bits per heavy atom. The number of likely N-dealkylation sites (tertiary alicyclic amines) is 1. The molecule has 0 bridgehead atoms. The van der Waals surface area contributed by atoms with Crippen LogP contribution in [0.1, 0.15) is 42.5 Å². The van der Waals surface area contributed by atoms with E-state index in [0.29, 0.717) is 18.7 Å². The summed E-state index contributed by atoms with van der Waals surface area (Å²) in [6.07, 6.45) is 5.98. The third-order valence-electron chi connectivity index (χ3n) is 7.10. The number of aromatic nitrogens is 1. The maximum atomic E-state index is 13.1. The number of piperidine rings is 1. The van der Waals surface area contributed by atoms with Gasteiger partial charge in [0.1, 0.15) is 12.3 Å². The van der Waals surface area contributed by atoms with E-state index in [9.17, 15) is 9.18 Å². The minimum Gasteiger partial charge on any atom is -0.399 e. The molecular weight excluding hydrogens is 407 g/mol. The molecule has 5 rings (SSSR count). The van der Waals surface area contributed by atoms with Gasteiger partial charge in [0.05, 0.1) is 24.4 Å².